The highest BCUT2D eigenvalue weighted by atomic mass is 79.9. The SMILES string of the molecule is COc1cc(NCc2cnco2)ccc1Br. The Hall–Kier alpha value is -1.49. The first-order valence-corrected chi connectivity index (χ1v) is 5.53. The Morgan fingerprint density at radius 3 is 3.06 bits per heavy atom. The molecule has 0 aliphatic carbocycles. The van der Waals surface area contributed by atoms with Crippen LogP contribution >= 0.6 is 15.9 Å². The van der Waals surface area contributed by atoms with Gasteiger partial charge in [0.05, 0.1) is 24.3 Å². The maximum atomic E-state index is 5.20. The van der Waals surface area contributed by atoms with Crippen LogP contribution in [0.3, 0.4) is 0 Å². The van der Waals surface area contributed by atoms with Crippen molar-refractivity contribution in [3.8, 4) is 5.75 Å². The highest BCUT2D eigenvalue weighted by molar-refractivity contribution is 9.10. The van der Waals surface area contributed by atoms with Gasteiger partial charge in [-0.25, -0.2) is 4.98 Å². The minimum atomic E-state index is 0.602. The molecule has 2 rings (SSSR count). The number of ether oxygens (including phenoxy) is 1. The molecular weight excluding hydrogens is 272 g/mol. The molecule has 0 unspecified atom stereocenters. The summed E-state index contributed by atoms with van der Waals surface area (Å²) in [6.45, 7) is 0.602. The zero-order valence-corrected chi connectivity index (χ0v) is 10.3. The van der Waals surface area contributed by atoms with Crippen molar-refractivity contribution in [2.24, 2.45) is 0 Å². The van der Waals surface area contributed by atoms with Gasteiger partial charge in [0.1, 0.15) is 11.5 Å². The van der Waals surface area contributed by atoms with Gasteiger partial charge in [-0.3, -0.25) is 0 Å². The molecule has 0 spiro atoms. The third-order valence-electron chi connectivity index (χ3n) is 2.10. The fraction of sp³-hybridized carbons (Fsp3) is 0.182. The number of benzene rings is 1. The monoisotopic (exact) mass is 282 g/mol. The number of hydrogen-bond donors (Lipinski definition) is 1. The predicted molar refractivity (Wildman–Crippen MR) is 64.5 cm³/mol. The maximum Gasteiger partial charge on any atom is 0.180 e. The molecular formula is C11H11BrN2O2. The Balaban J connectivity index is 2.04. The first kappa shape index (κ1) is 11.0. The summed E-state index contributed by atoms with van der Waals surface area (Å²) in [6, 6.07) is 5.81. The van der Waals surface area contributed by atoms with Crippen molar-refractivity contribution in [3.05, 3.63) is 41.0 Å². The molecule has 0 bridgehead atoms. The van der Waals surface area contributed by atoms with Crippen molar-refractivity contribution < 1.29 is 9.15 Å². The topological polar surface area (TPSA) is 47.3 Å². The number of aromatic nitrogens is 1. The number of nitrogens with one attached hydrogen (secondary N) is 1. The zero-order chi connectivity index (χ0) is 11.4. The zero-order valence-electron chi connectivity index (χ0n) is 8.74. The van der Waals surface area contributed by atoms with Gasteiger partial charge in [0, 0.05) is 11.8 Å². The van der Waals surface area contributed by atoms with Gasteiger partial charge in [0.15, 0.2) is 6.39 Å². The normalized spacial score (nSPS) is 10.1. The molecule has 1 aromatic heterocycles. The summed E-state index contributed by atoms with van der Waals surface area (Å²) in [5, 5.41) is 3.21. The van der Waals surface area contributed by atoms with Crippen LogP contribution in [0.4, 0.5) is 5.69 Å². The van der Waals surface area contributed by atoms with Gasteiger partial charge in [0.25, 0.3) is 0 Å². The van der Waals surface area contributed by atoms with Crippen LogP contribution in [-0.4, -0.2) is 12.1 Å². The average Bonchev–Trinajstić information content (AvgIpc) is 2.81. The van der Waals surface area contributed by atoms with E-state index in [2.05, 4.69) is 26.2 Å². The summed E-state index contributed by atoms with van der Waals surface area (Å²) in [6.07, 6.45) is 3.10. The maximum absolute atomic E-state index is 5.20. The molecule has 2 aromatic rings. The Bertz CT molecular complexity index is 457. The van der Waals surface area contributed by atoms with E-state index in [1.807, 2.05) is 18.2 Å². The van der Waals surface area contributed by atoms with E-state index in [0.717, 1.165) is 21.7 Å². The van der Waals surface area contributed by atoms with Crippen LogP contribution in [-0.2, 0) is 6.54 Å². The summed E-state index contributed by atoms with van der Waals surface area (Å²) < 4.78 is 11.3. The Morgan fingerprint density at radius 2 is 2.38 bits per heavy atom. The Morgan fingerprint density at radius 1 is 1.50 bits per heavy atom. The number of anilines is 1. The number of nitrogens with zero attached hydrogens (tertiary/aromatic N) is 1. The smallest absolute Gasteiger partial charge is 0.180 e. The van der Waals surface area contributed by atoms with Crippen LogP contribution < -0.4 is 10.1 Å². The Kier molecular flexibility index (Phi) is 3.46. The third-order valence-corrected chi connectivity index (χ3v) is 2.76. The van der Waals surface area contributed by atoms with Crippen LogP contribution in [0.2, 0.25) is 0 Å². The quantitative estimate of drug-likeness (QED) is 0.936. The van der Waals surface area contributed by atoms with Gasteiger partial charge >= 0.3 is 0 Å². The summed E-state index contributed by atoms with van der Waals surface area (Å²) in [5.74, 6) is 1.59. The van der Waals surface area contributed by atoms with E-state index in [-0.39, 0.29) is 0 Å². The fourth-order valence-electron chi connectivity index (χ4n) is 1.29. The number of rotatable bonds is 4. The first-order valence-electron chi connectivity index (χ1n) is 4.74. The van der Waals surface area contributed by atoms with Crippen molar-refractivity contribution in [1.82, 2.24) is 4.98 Å². The molecule has 0 fully saturated rings. The minimum Gasteiger partial charge on any atom is -0.495 e. The molecule has 84 valence electrons. The molecule has 0 saturated carbocycles. The number of methoxy groups -OCH3 is 1. The first-order chi connectivity index (χ1) is 7.79. The van der Waals surface area contributed by atoms with Crippen LogP contribution in [0, 0.1) is 0 Å². The summed E-state index contributed by atoms with van der Waals surface area (Å²) >= 11 is 3.40. The van der Waals surface area contributed by atoms with Crippen LogP contribution in [0.5, 0.6) is 5.75 Å². The molecule has 0 saturated heterocycles. The molecule has 0 aliphatic rings. The molecule has 0 radical (unpaired) electrons. The summed E-state index contributed by atoms with van der Waals surface area (Å²) in [7, 11) is 1.64. The summed E-state index contributed by atoms with van der Waals surface area (Å²) in [5.41, 5.74) is 0.969. The minimum absolute atomic E-state index is 0.602. The number of halogens is 1. The molecule has 4 nitrogen and oxygen atoms in total. The third kappa shape index (κ3) is 2.55. The molecule has 1 aromatic carbocycles. The van der Waals surface area contributed by atoms with Crippen LogP contribution in [0.1, 0.15) is 5.76 Å². The van der Waals surface area contributed by atoms with Crippen LogP contribution in [0.25, 0.3) is 0 Å². The number of oxazole rings is 1. The standard InChI is InChI=1S/C11H11BrN2O2/c1-15-11-4-8(2-3-10(11)12)14-6-9-5-13-7-16-9/h2-5,7,14H,6H2,1H3. The van der Waals surface area contributed by atoms with E-state index < -0.39 is 0 Å². The van der Waals surface area contributed by atoms with E-state index in [1.54, 1.807) is 13.3 Å². The van der Waals surface area contributed by atoms with Gasteiger partial charge in [-0.15, -0.1) is 0 Å². The lowest BCUT2D eigenvalue weighted by atomic mass is 10.3. The second kappa shape index (κ2) is 5.03. The average molecular weight is 283 g/mol. The van der Waals surface area contributed by atoms with Gasteiger partial charge in [-0.1, -0.05) is 0 Å². The van der Waals surface area contributed by atoms with Gasteiger partial charge < -0.3 is 14.5 Å². The van der Waals surface area contributed by atoms with Crippen molar-refractivity contribution >= 4 is 21.6 Å². The van der Waals surface area contributed by atoms with E-state index in [4.69, 9.17) is 9.15 Å². The highest BCUT2D eigenvalue weighted by Gasteiger charge is 2.02. The molecule has 16 heavy (non-hydrogen) atoms. The lowest BCUT2D eigenvalue weighted by molar-refractivity contribution is 0.412. The van der Waals surface area contributed by atoms with E-state index in [9.17, 15) is 0 Å². The lowest BCUT2D eigenvalue weighted by Gasteiger charge is -2.07. The highest BCUT2D eigenvalue weighted by Crippen LogP contribution is 2.27. The molecule has 1 N–H and O–H groups in total. The molecule has 0 aliphatic heterocycles. The van der Waals surface area contributed by atoms with Gasteiger partial charge in [-0.2, -0.15) is 0 Å². The lowest BCUT2D eigenvalue weighted by Crippen LogP contribution is -1.98. The molecule has 1 heterocycles. The van der Waals surface area contributed by atoms with Crippen molar-refractivity contribution in [2.75, 3.05) is 12.4 Å². The van der Waals surface area contributed by atoms with Gasteiger partial charge in [-0.05, 0) is 28.1 Å². The van der Waals surface area contributed by atoms with Crippen LogP contribution in [0.15, 0.2) is 39.7 Å². The van der Waals surface area contributed by atoms with Crippen molar-refractivity contribution in [2.45, 2.75) is 6.54 Å². The van der Waals surface area contributed by atoms with Gasteiger partial charge in [0.2, 0.25) is 0 Å². The number of hydrogen-bond acceptors (Lipinski definition) is 4. The van der Waals surface area contributed by atoms with Crippen molar-refractivity contribution in [3.63, 3.8) is 0 Å². The second-order valence-corrected chi connectivity index (χ2v) is 4.02. The molecule has 0 amide bonds. The predicted octanol–water partition coefficient (Wildman–Crippen LogP) is 3.06. The largest absolute Gasteiger partial charge is 0.495 e. The second-order valence-electron chi connectivity index (χ2n) is 3.17. The molecule has 0 atom stereocenters. The van der Waals surface area contributed by atoms with E-state index >= 15 is 0 Å². The Labute approximate surface area is 102 Å². The van der Waals surface area contributed by atoms with Crippen molar-refractivity contribution in [1.29, 1.82) is 0 Å². The van der Waals surface area contributed by atoms with E-state index in [1.165, 1.54) is 6.39 Å². The fourth-order valence-corrected chi connectivity index (χ4v) is 1.70. The summed E-state index contributed by atoms with van der Waals surface area (Å²) in [4.78, 5) is 3.84. The van der Waals surface area contributed by atoms with E-state index in [0.29, 0.717) is 6.54 Å². The molecule has 5 heteroatoms.